The lowest BCUT2D eigenvalue weighted by Gasteiger charge is -2.30. The first-order valence-electron chi connectivity index (χ1n) is 10.6. The number of carbonyl (C=O) groups is 1. The molecule has 1 fully saturated rings. The van der Waals surface area contributed by atoms with E-state index >= 15 is 0 Å². The molecule has 34 heavy (non-hydrogen) atoms. The molecule has 0 atom stereocenters. The van der Waals surface area contributed by atoms with Crippen molar-refractivity contribution in [3.05, 3.63) is 52.9 Å². The minimum Gasteiger partial charge on any atom is -0.382 e. The second-order valence-electron chi connectivity index (χ2n) is 8.19. The van der Waals surface area contributed by atoms with Crippen LogP contribution in [0, 0.1) is 0 Å². The number of halogens is 6. The van der Waals surface area contributed by atoms with E-state index < -0.39 is 30.7 Å². The fourth-order valence-electron chi connectivity index (χ4n) is 4.05. The second-order valence-corrected chi connectivity index (χ2v) is 8.63. The first-order valence-corrected chi connectivity index (χ1v) is 11.0. The number of hydrogen-bond donors (Lipinski definition) is 2. The van der Waals surface area contributed by atoms with E-state index in [9.17, 15) is 26.7 Å². The lowest BCUT2D eigenvalue weighted by molar-refractivity contribution is -0.140. The van der Waals surface area contributed by atoms with Gasteiger partial charge in [-0.15, -0.1) is 0 Å². The second kappa shape index (κ2) is 9.73. The van der Waals surface area contributed by atoms with Crippen LogP contribution in [0.2, 0.25) is 5.02 Å². The monoisotopic (exact) mass is 501 g/mol. The van der Waals surface area contributed by atoms with Crippen molar-refractivity contribution in [2.45, 2.75) is 56.9 Å². The van der Waals surface area contributed by atoms with Crippen LogP contribution in [-0.4, -0.2) is 39.2 Å². The number of hydrogen-bond acceptors (Lipinski definition) is 4. The first kappa shape index (κ1) is 24.2. The SMILES string of the molecule is O=C(N[C@H]1CC[C@@H](Nc2cc(C(F)(F)F)nc3ccc(Cl)cc23)CC1)c1ccn(CC(F)F)n1. The van der Waals surface area contributed by atoms with Crippen LogP contribution in [0.5, 0.6) is 0 Å². The van der Waals surface area contributed by atoms with Gasteiger partial charge in [0.15, 0.2) is 0 Å². The molecule has 0 bridgehead atoms. The molecule has 1 aromatic carbocycles. The molecule has 12 heteroatoms. The molecule has 3 aromatic rings. The van der Waals surface area contributed by atoms with Gasteiger partial charge in [-0.1, -0.05) is 11.6 Å². The topological polar surface area (TPSA) is 71.8 Å². The summed E-state index contributed by atoms with van der Waals surface area (Å²) in [7, 11) is 0. The van der Waals surface area contributed by atoms with E-state index in [1.165, 1.54) is 24.4 Å². The summed E-state index contributed by atoms with van der Waals surface area (Å²) in [6.07, 6.45) is -3.43. The Labute approximate surface area is 196 Å². The number of alkyl halides is 5. The highest BCUT2D eigenvalue weighted by atomic mass is 35.5. The van der Waals surface area contributed by atoms with Gasteiger partial charge in [0, 0.05) is 34.4 Å². The molecule has 4 rings (SSSR count). The Bertz CT molecular complexity index is 1170. The molecule has 1 aliphatic carbocycles. The summed E-state index contributed by atoms with van der Waals surface area (Å²) in [5.41, 5.74) is -0.441. The summed E-state index contributed by atoms with van der Waals surface area (Å²) in [6.45, 7) is -0.588. The largest absolute Gasteiger partial charge is 0.433 e. The van der Waals surface area contributed by atoms with Gasteiger partial charge in [0.05, 0.1) is 5.52 Å². The molecule has 0 aliphatic heterocycles. The summed E-state index contributed by atoms with van der Waals surface area (Å²) in [4.78, 5) is 16.1. The zero-order valence-electron chi connectivity index (χ0n) is 17.7. The van der Waals surface area contributed by atoms with E-state index in [2.05, 4.69) is 20.7 Å². The van der Waals surface area contributed by atoms with Crippen LogP contribution in [0.1, 0.15) is 41.9 Å². The van der Waals surface area contributed by atoms with Crippen LogP contribution < -0.4 is 10.6 Å². The first-order chi connectivity index (χ1) is 16.1. The molecule has 182 valence electrons. The van der Waals surface area contributed by atoms with Gasteiger partial charge >= 0.3 is 6.18 Å². The number of aromatic nitrogens is 3. The molecule has 2 aromatic heterocycles. The van der Waals surface area contributed by atoms with Crippen LogP contribution >= 0.6 is 11.6 Å². The van der Waals surface area contributed by atoms with Gasteiger partial charge in [-0.05, 0) is 56.0 Å². The molecular formula is C22H21ClF5N5O. The van der Waals surface area contributed by atoms with E-state index in [1.54, 1.807) is 6.07 Å². The number of amides is 1. The Morgan fingerprint density at radius 2 is 1.82 bits per heavy atom. The maximum absolute atomic E-state index is 13.3. The van der Waals surface area contributed by atoms with Gasteiger partial charge in [-0.3, -0.25) is 9.48 Å². The van der Waals surface area contributed by atoms with Crippen molar-refractivity contribution in [2.75, 3.05) is 5.32 Å². The molecule has 0 radical (unpaired) electrons. The Kier molecular flexibility index (Phi) is 6.92. The predicted molar refractivity (Wildman–Crippen MR) is 117 cm³/mol. The van der Waals surface area contributed by atoms with E-state index in [0.29, 0.717) is 41.8 Å². The van der Waals surface area contributed by atoms with Crippen molar-refractivity contribution in [2.24, 2.45) is 0 Å². The Hall–Kier alpha value is -2.95. The van der Waals surface area contributed by atoms with Gasteiger partial charge in [0.2, 0.25) is 0 Å². The number of carbonyl (C=O) groups excluding carboxylic acids is 1. The third-order valence-corrected chi connectivity index (χ3v) is 5.92. The highest BCUT2D eigenvalue weighted by molar-refractivity contribution is 6.31. The van der Waals surface area contributed by atoms with Crippen molar-refractivity contribution in [3.63, 3.8) is 0 Å². The molecule has 1 amide bonds. The number of rotatable bonds is 6. The van der Waals surface area contributed by atoms with Crippen LogP contribution in [-0.2, 0) is 12.7 Å². The van der Waals surface area contributed by atoms with E-state index in [1.807, 2.05) is 0 Å². The van der Waals surface area contributed by atoms with E-state index in [0.717, 1.165) is 10.7 Å². The van der Waals surface area contributed by atoms with Crippen molar-refractivity contribution in [3.8, 4) is 0 Å². The highest BCUT2D eigenvalue weighted by Crippen LogP contribution is 2.35. The summed E-state index contributed by atoms with van der Waals surface area (Å²) < 4.78 is 65.9. The summed E-state index contributed by atoms with van der Waals surface area (Å²) in [5, 5.41) is 10.8. The zero-order valence-corrected chi connectivity index (χ0v) is 18.5. The van der Waals surface area contributed by atoms with Gasteiger partial charge in [0.25, 0.3) is 12.3 Å². The molecule has 0 unspecified atom stereocenters. The smallest absolute Gasteiger partial charge is 0.382 e. The maximum Gasteiger partial charge on any atom is 0.433 e. The van der Waals surface area contributed by atoms with Crippen molar-refractivity contribution in [1.82, 2.24) is 20.1 Å². The van der Waals surface area contributed by atoms with E-state index in [4.69, 9.17) is 11.6 Å². The molecule has 2 N–H and O–H groups in total. The standard InChI is InChI=1S/C22H21ClF5N5O/c23-12-1-6-16-15(9-12)18(10-19(31-16)22(26,27)28)29-13-2-4-14(5-3-13)30-21(34)17-7-8-33(32-17)11-20(24)25/h1,6-10,13-14,20H,2-5,11H2,(H,29,31)(H,30,34)/t13-,14+. The van der Waals surface area contributed by atoms with Crippen LogP contribution in [0.25, 0.3) is 10.9 Å². The average molecular weight is 502 g/mol. The number of nitrogens with zero attached hydrogens (tertiary/aromatic N) is 3. The van der Waals surface area contributed by atoms with Crippen LogP contribution in [0.3, 0.4) is 0 Å². The highest BCUT2D eigenvalue weighted by Gasteiger charge is 2.34. The number of anilines is 1. The molecule has 0 saturated heterocycles. The average Bonchev–Trinajstić information content (AvgIpc) is 3.22. The summed E-state index contributed by atoms with van der Waals surface area (Å²) in [6, 6.07) is 6.62. The van der Waals surface area contributed by atoms with Gasteiger partial charge < -0.3 is 10.6 Å². The molecule has 1 aliphatic rings. The molecule has 0 spiro atoms. The van der Waals surface area contributed by atoms with Crippen molar-refractivity contribution in [1.29, 1.82) is 0 Å². The molecule has 1 saturated carbocycles. The normalized spacial score (nSPS) is 18.9. The third kappa shape index (κ3) is 5.75. The Balaban J connectivity index is 1.40. The number of nitrogens with one attached hydrogen (secondary N) is 2. The zero-order chi connectivity index (χ0) is 24.5. The lowest BCUT2D eigenvalue weighted by Crippen LogP contribution is -2.40. The Morgan fingerprint density at radius 1 is 1.12 bits per heavy atom. The molecular weight excluding hydrogens is 481 g/mol. The predicted octanol–water partition coefficient (Wildman–Crippen LogP) is 5.52. The Morgan fingerprint density at radius 3 is 2.50 bits per heavy atom. The number of fused-ring (bicyclic) bond motifs is 1. The fourth-order valence-corrected chi connectivity index (χ4v) is 4.22. The molecule has 6 nitrogen and oxygen atoms in total. The van der Waals surface area contributed by atoms with Gasteiger partial charge in [0.1, 0.15) is 17.9 Å². The fraction of sp³-hybridized carbons (Fsp3) is 0.409. The maximum atomic E-state index is 13.3. The minimum absolute atomic E-state index is 0.0562. The number of benzene rings is 1. The van der Waals surface area contributed by atoms with Crippen molar-refractivity contribution < 1.29 is 26.7 Å². The lowest BCUT2D eigenvalue weighted by atomic mass is 9.90. The number of pyridine rings is 1. The van der Waals surface area contributed by atoms with Gasteiger partial charge in [-0.25, -0.2) is 13.8 Å². The van der Waals surface area contributed by atoms with Gasteiger partial charge in [-0.2, -0.15) is 18.3 Å². The third-order valence-electron chi connectivity index (χ3n) is 5.68. The van der Waals surface area contributed by atoms with E-state index in [-0.39, 0.29) is 23.3 Å². The van der Waals surface area contributed by atoms with Crippen molar-refractivity contribution >= 4 is 34.1 Å². The minimum atomic E-state index is -4.59. The van der Waals surface area contributed by atoms with Crippen LogP contribution in [0.15, 0.2) is 36.5 Å². The summed E-state index contributed by atoms with van der Waals surface area (Å²) >= 11 is 6.05. The summed E-state index contributed by atoms with van der Waals surface area (Å²) in [5.74, 6) is -0.450. The molecule has 2 heterocycles. The van der Waals surface area contributed by atoms with Crippen LogP contribution in [0.4, 0.5) is 27.6 Å². The quantitative estimate of drug-likeness (QED) is 0.436.